The highest BCUT2D eigenvalue weighted by Gasteiger charge is 2.44. The summed E-state index contributed by atoms with van der Waals surface area (Å²) in [7, 11) is 0. The van der Waals surface area contributed by atoms with Gasteiger partial charge in [-0.05, 0) is 41.1 Å². The first-order chi connectivity index (χ1) is 13.7. The number of hydrogen-bond donors (Lipinski definition) is 0. The molecule has 0 spiro atoms. The van der Waals surface area contributed by atoms with Crippen LogP contribution in [0.25, 0.3) is 10.8 Å². The van der Waals surface area contributed by atoms with Crippen LogP contribution in [0.4, 0.5) is 0 Å². The second kappa shape index (κ2) is 7.32. The van der Waals surface area contributed by atoms with Crippen molar-refractivity contribution in [2.24, 2.45) is 5.92 Å². The Morgan fingerprint density at radius 2 is 1.89 bits per heavy atom. The monoisotopic (exact) mass is 411 g/mol. The second-order valence-corrected chi connectivity index (χ2v) is 8.46. The Bertz CT molecular complexity index is 1040. The van der Waals surface area contributed by atoms with E-state index in [-0.39, 0.29) is 17.9 Å². The van der Waals surface area contributed by atoms with Crippen molar-refractivity contribution in [2.45, 2.75) is 10.9 Å². The molecule has 1 fully saturated rings. The molecule has 5 rings (SSSR count). The van der Waals surface area contributed by atoms with Gasteiger partial charge in [0.05, 0.1) is 25.0 Å². The van der Waals surface area contributed by atoms with E-state index < -0.39 is 0 Å². The third-order valence-corrected chi connectivity index (χ3v) is 6.48. The lowest BCUT2D eigenvalue weighted by Gasteiger charge is -2.32. The Morgan fingerprint density at radius 3 is 2.75 bits per heavy atom. The standard InChI is InChI=1S/C22H18ClNO3S/c23-16-6-8-17(9-7-16)28-13-20(25)24-22-15(12-27-24)11-26-19-10-5-14-3-1-2-4-18(14)21(19)22/h1-10,15,22H,11-13H2. The number of hydroxylamine groups is 2. The van der Waals surface area contributed by atoms with E-state index in [1.807, 2.05) is 42.5 Å². The van der Waals surface area contributed by atoms with Crippen LogP contribution in [-0.2, 0) is 9.63 Å². The van der Waals surface area contributed by atoms with Gasteiger partial charge in [0.2, 0.25) is 0 Å². The van der Waals surface area contributed by atoms with Crippen LogP contribution in [0.1, 0.15) is 11.6 Å². The van der Waals surface area contributed by atoms with Crippen molar-refractivity contribution in [3.63, 3.8) is 0 Å². The van der Waals surface area contributed by atoms with Crippen LogP contribution >= 0.6 is 23.4 Å². The van der Waals surface area contributed by atoms with Gasteiger partial charge in [0.1, 0.15) is 5.75 Å². The van der Waals surface area contributed by atoms with Crippen LogP contribution in [0.5, 0.6) is 5.75 Å². The molecule has 3 aromatic rings. The Labute approximate surface area is 172 Å². The van der Waals surface area contributed by atoms with Gasteiger partial charge in [-0.2, -0.15) is 0 Å². The maximum atomic E-state index is 13.0. The van der Waals surface area contributed by atoms with Crippen molar-refractivity contribution in [1.29, 1.82) is 0 Å². The van der Waals surface area contributed by atoms with E-state index >= 15 is 0 Å². The highest BCUT2D eigenvalue weighted by atomic mass is 35.5. The molecule has 0 aromatic heterocycles. The van der Waals surface area contributed by atoms with Crippen molar-refractivity contribution in [3.8, 4) is 5.75 Å². The molecule has 0 saturated carbocycles. The number of rotatable bonds is 3. The zero-order chi connectivity index (χ0) is 19.1. The van der Waals surface area contributed by atoms with Gasteiger partial charge in [0, 0.05) is 21.4 Å². The fraction of sp³-hybridized carbons (Fsp3) is 0.227. The van der Waals surface area contributed by atoms with E-state index in [0.717, 1.165) is 27.0 Å². The lowest BCUT2D eigenvalue weighted by Crippen LogP contribution is -2.36. The van der Waals surface area contributed by atoms with Gasteiger partial charge in [-0.3, -0.25) is 9.63 Å². The Morgan fingerprint density at radius 1 is 1.07 bits per heavy atom. The number of carbonyl (C=O) groups is 1. The van der Waals surface area contributed by atoms with Crippen LogP contribution in [0.2, 0.25) is 5.02 Å². The second-order valence-electron chi connectivity index (χ2n) is 6.97. The van der Waals surface area contributed by atoms with Crippen LogP contribution in [0, 0.1) is 5.92 Å². The molecule has 0 aliphatic carbocycles. The van der Waals surface area contributed by atoms with Gasteiger partial charge in [-0.25, -0.2) is 5.06 Å². The molecule has 0 bridgehead atoms. The van der Waals surface area contributed by atoms with E-state index in [9.17, 15) is 4.79 Å². The van der Waals surface area contributed by atoms with Gasteiger partial charge in [0.15, 0.2) is 0 Å². The van der Waals surface area contributed by atoms with E-state index in [2.05, 4.69) is 18.2 Å². The van der Waals surface area contributed by atoms with Crippen LogP contribution in [0.15, 0.2) is 65.6 Å². The number of benzene rings is 3. The minimum absolute atomic E-state index is 0.0340. The van der Waals surface area contributed by atoms with E-state index in [4.69, 9.17) is 21.2 Å². The van der Waals surface area contributed by atoms with Gasteiger partial charge >= 0.3 is 0 Å². The number of ether oxygens (including phenoxy) is 1. The lowest BCUT2D eigenvalue weighted by molar-refractivity contribution is -0.174. The van der Waals surface area contributed by atoms with Gasteiger partial charge in [-0.1, -0.05) is 41.9 Å². The number of halogens is 1. The summed E-state index contributed by atoms with van der Waals surface area (Å²) in [5.74, 6) is 1.26. The van der Waals surface area contributed by atoms with Crippen molar-refractivity contribution < 1.29 is 14.4 Å². The molecule has 2 atom stereocenters. The summed E-state index contributed by atoms with van der Waals surface area (Å²) in [6.07, 6.45) is 0. The summed E-state index contributed by atoms with van der Waals surface area (Å²) < 4.78 is 5.98. The lowest BCUT2D eigenvalue weighted by atomic mass is 9.88. The molecule has 6 heteroatoms. The molecule has 2 aliphatic heterocycles. The van der Waals surface area contributed by atoms with Crippen molar-refractivity contribution in [3.05, 3.63) is 71.2 Å². The van der Waals surface area contributed by atoms with Crippen LogP contribution in [-0.4, -0.2) is 29.9 Å². The molecule has 1 amide bonds. The van der Waals surface area contributed by atoms with Crippen molar-refractivity contribution >= 4 is 40.0 Å². The molecular weight excluding hydrogens is 394 g/mol. The zero-order valence-electron chi connectivity index (χ0n) is 15.0. The Kier molecular flexibility index (Phi) is 4.67. The minimum atomic E-state index is -0.117. The highest BCUT2D eigenvalue weighted by molar-refractivity contribution is 8.00. The summed E-state index contributed by atoms with van der Waals surface area (Å²) in [5.41, 5.74) is 1.05. The molecule has 2 aliphatic rings. The molecule has 3 aromatic carbocycles. The fourth-order valence-corrected chi connectivity index (χ4v) is 4.77. The van der Waals surface area contributed by atoms with Crippen molar-refractivity contribution in [1.82, 2.24) is 5.06 Å². The SMILES string of the molecule is O=C(CSc1ccc(Cl)cc1)N1OCC2COc3ccc4ccccc4c3C21. The van der Waals surface area contributed by atoms with Crippen LogP contribution < -0.4 is 4.74 Å². The van der Waals surface area contributed by atoms with Gasteiger partial charge < -0.3 is 4.74 Å². The van der Waals surface area contributed by atoms with E-state index in [1.54, 1.807) is 5.06 Å². The summed E-state index contributed by atoms with van der Waals surface area (Å²) in [6, 6.07) is 19.7. The van der Waals surface area contributed by atoms with Crippen molar-refractivity contribution in [2.75, 3.05) is 19.0 Å². The predicted molar refractivity (Wildman–Crippen MR) is 111 cm³/mol. The maximum absolute atomic E-state index is 13.0. The number of hydrogen-bond acceptors (Lipinski definition) is 4. The Hall–Kier alpha value is -2.21. The molecular formula is C22H18ClNO3S. The fourth-order valence-electron chi connectivity index (χ4n) is 3.90. The average molecular weight is 412 g/mol. The maximum Gasteiger partial charge on any atom is 0.257 e. The number of thioether (sulfide) groups is 1. The topological polar surface area (TPSA) is 38.8 Å². The summed E-state index contributed by atoms with van der Waals surface area (Å²) in [6.45, 7) is 1.05. The highest BCUT2D eigenvalue weighted by Crippen LogP contribution is 2.46. The first-order valence-electron chi connectivity index (χ1n) is 9.18. The largest absolute Gasteiger partial charge is 0.493 e. The third-order valence-electron chi connectivity index (χ3n) is 5.23. The number of amides is 1. The average Bonchev–Trinajstić information content (AvgIpc) is 3.17. The quantitative estimate of drug-likeness (QED) is 0.561. The summed E-state index contributed by atoms with van der Waals surface area (Å²) in [4.78, 5) is 19.8. The summed E-state index contributed by atoms with van der Waals surface area (Å²) >= 11 is 7.42. The molecule has 2 heterocycles. The number of nitrogens with zero attached hydrogens (tertiary/aromatic N) is 1. The molecule has 0 N–H and O–H groups in total. The molecule has 0 radical (unpaired) electrons. The number of carbonyl (C=O) groups excluding carboxylic acids is 1. The first kappa shape index (κ1) is 17.9. The van der Waals surface area contributed by atoms with Gasteiger partial charge in [0.25, 0.3) is 5.91 Å². The Balaban J connectivity index is 1.43. The first-order valence-corrected chi connectivity index (χ1v) is 10.5. The molecule has 2 unspecified atom stereocenters. The predicted octanol–water partition coefficient (Wildman–Crippen LogP) is 5.11. The molecule has 4 nitrogen and oxygen atoms in total. The smallest absolute Gasteiger partial charge is 0.257 e. The normalized spacial score (nSPS) is 20.5. The summed E-state index contributed by atoms with van der Waals surface area (Å²) in [5, 5.41) is 4.51. The minimum Gasteiger partial charge on any atom is -0.493 e. The number of fused-ring (bicyclic) bond motifs is 5. The zero-order valence-corrected chi connectivity index (χ0v) is 16.6. The van der Waals surface area contributed by atoms with Gasteiger partial charge in [-0.15, -0.1) is 11.8 Å². The van der Waals surface area contributed by atoms with Crippen LogP contribution in [0.3, 0.4) is 0 Å². The van der Waals surface area contributed by atoms with E-state index in [0.29, 0.717) is 24.0 Å². The third kappa shape index (κ3) is 3.13. The molecule has 28 heavy (non-hydrogen) atoms. The molecule has 1 saturated heterocycles. The molecule has 142 valence electrons. The van der Waals surface area contributed by atoms with E-state index in [1.165, 1.54) is 11.8 Å².